The normalized spacial score (nSPS) is 17.3. The van der Waals surface area contributed by atoms with Crippen LogP contribution in [0.15, 0.2) is 24.4 Å². The number of piperidine rings is 1. The van der Waals surface area contributed by atoms with Crippen LogP contribution in [0.4, 0.5) is 0 Å². The molecule has 2 amide bonds. The molecule has 28 heavy (non-hydrogen) atoms. The summed E-state index contributed by atoms with van der Waals surface area (Å²) in [6.45, 7) is 4.36. The van der Waals surface area contributed by atoms with Gasteiger partial charge in [-0.2, -0.15) is 0 Å². The Labute approximate surface area is 166 Å². The van der Waals surface area contributed by atoms with Gasteiger partial charge in [0, 0.05) is 25.3 Å². The number of rotatable bonds is 7. The van der Waals surface area contributed by atoms with E-state index in [9.17, 15) is 9.59 Å². The molecule has 1 N–H and O–H groups in total. The first kappa shape index (κ1) is 20.3. The average Bonchev–Trinajstić information content (AvgIpc) is 3.10. The van der Waals surface area contributed by atoms with Gasteiger partial charge in [0.05, 0.1) is 5.52 Å². The van der Waals surface area contributed by atoms with Crippen LogP contribution in [0.25, 0.3) is 5.52 Å². The third-order valence-electron chi connectivity index (χ3n) is 5.38. The molecule has 1 saturated heterocycles. The molecule has 0 spiro atoms. The molecule has 3 heterocycles. The zero-order valence-corrected chi connectivity index (χ0v) is 17.1. The predicted octanol–water partition coefficient (Wildman–Crippen LogP) is 2.42. The molecule has 7 nitrogen and oxygen atoms in total. The van der Waals surface area contributed by atoms with Gasteiger partial charge in [-0.3, -0.25) is 14.0 Å². The maximum atomic E-state index is 13.3. The quantitative estimate of drug-likeness (QED) is 0.743. The Morgan fingerprint density at radius 1 is 1.29 bits per heavy atom. The number of amides is 2. The van der Waals surface area contributed by atoms with Gasteiger partial charge >= 0.3 is 0 Å². The van der Waals surface area contributed by atoms with E-state index in [-0.39, 0.29) is 17.9 Å². The van der Waals surface area contributed by atoms with E-state index in [2.05, 4.69) is 22.1 Å². The van der Waals surface area contributed by atoms with E-state index in [1.165, 1.54) is 0 Å². The third-order valence-corrected chi connectivity index (χ3v) is 5.38. The van der Waals surface area contributed by atoms with Crippen molar-refractivity contribution in [2.24, 2.45) is 0 Å². The lowest BCUT2D eigenvalue weighted by molar-refractivity contribution is 0.0594. The number of likely N-dealkylation sites (tertiary alicyclic amines) is 1. The van der Waals surface area contributed by atoms with Crippen LogP contribution in [0.3, 0.4) is 0 Å². The first-order valence-electron chi connectivity index (χ1n) is 10.2. The molecule has 1 unspecified atom stereocenters. The summed E-state index contributed by atoms with van der Waals surface area (Å²) in [4.78, 5) is 34.5. The second-order valence-corrected chi connectivity index (χ2v) is 7.71. The van der Waals surface area contributed by atoms with Crippen LogP contribution >= 0.6 is 0 Å². The fourth-order valence-electron chi connectivity index (χ4n) is 3.86. The molecule has 1 aliphatic heterocycles. The van der Waals surface area contributed by atoms with Crippen LogP contribution in [-0.4, -0.2) is 70.8 Å². The molecule has 152 valence electrons. The van der Waals surface area contributed by atoms with Crippen molar-refractivity contribution in [3.63, 3.8) is 0 Å². The van der Waals surface area contributed by atoms with E-state index in [1.54, 1.807) is 4.40 Å². The highest BCUT2D eigenvalue weighted by molar-refractivity contribution is 6.02. The maximum absolute atomic E-state index is 13.3. The van der Waals surface area contributed by atoms with Gasteiger partial charge in [-0.25, -0.2) is 4.98 Å². The number of pyridine rings is 1. The van der Waals surface area contributed by atoms with Crippen molar-refractivity contribution in [1.29, 1.82) is 0 Å². The smallest absolute Gasteiger partial charge is 0.290 e. The highest BCUT2D eigenvalue weighted by Crippen LogP contribution is 2.23. The summed E-state index contributed by atoms with van der Waals surface area (Å²) >= 11 is 0. The zero-order valence-electron chi connectivity index (χ0n) is 17.1. The summed E-state index contributed by atoms with van der Waals surface area (Å²) < 4.78 is 1.75. The van der Waals surface area contributed by atoms with E-state index >= 15 is 0 Å². The van der Waals surface area contributed by atoms with E-state index in [0.29, 0.717) is 23.6 Å². The van der Waals surface area contributed by atoms with Crippen molar-refractivity contribution in [3.05, 3.63) is 35.9 Å². The lowest BCUT2D eigenvalue weighted by atomic mass is 10.00. The summed E-state index contributed by atoms with van der Waals surface area (Å²) in [5, 5.41) is 2.93. The minimum absolute atomic E-state index is 0.0839. The highest BCUT2D eigenvalue weighted by atomic mass is 16.2. The number of fused-ring (bicyclic) bond motifs is 1. The fraction of sp³-hybridized carbons (Fsp3) is 0.571. The molecule has 0 saturated carbocycles. The molecule has 0 aliphatic carbocycles. The summed E-state index contributed by atoms with van der Waals surface area (Å²) in [6.07, 6.45) is 6.82. The summed E-state index contributed by atoms with van der Waals surface area (Å²) in [5.41, 5.74) is 0.986. The average molecular weight is 386 g/mol. The molecule has 3 rings (SSSR count). The number of carbonyl (C=O) groups is 2. The van der Waals surface area contributed by atoms with Gasteiger partial charge in [0.15, 0.2) is 5.69 Å². The number of nitrogens with zero attached hydrogens (tertiary/aromatic N) is 4. The molecular formula is C21H31N5O2. The van der Waals surface area contributed by atoms with E-state index < -0.39 is 0 Å². The molecule has 1 aliphatic rings. The van der Waals surface area contributed by atoms with Crippen molar-refractivity contribution < 1.29 is 9.59 Å². The van der Waals surface area contributed by atoms with Crippen LogP contribution in [-0.2, 0) is 0 Å². The molecule has 0 bridgehead atoms. The minimum atomic E-state index is -0.229. The number of imidazole rings is 1. The minimum Gasteiger partial charge on any atom is -0.351 e. The Bertz CT molecular complexity index is 829. The topological polar surface area (TPSA) is 70.0 Å². The van der Waals surface area contributed by atoms with E-state index in [4.69, 9.17) is 0 Å². The Morgan fingerprint density at radius 3 is 2.86 bits per heavy atom. The predicted molar refractivity (Wildman–Crippen MR) is 110 cm³/mol. The standard InChI is InChI=1S/C21H31N5O2/c1-4-16-10-5-7-14-25(16)21(28)19-23-18(17-11-6-8-15-26(17)19)20(27)22-12-9-13-24(2)3/h6,8,11,15-16H,4-5,7,9-10,12-14H2,1-3H3,(H,22,27). The van der Waals surface area contributed by atoms with Gasteiger partial charge in [-0.15, -0.1) is 0 Å². The van der Waals surface area contributed by atoms with E-state index in [1.807, 2.05) is 43.4 Å². The van der Waals surface area contributed by atoms with Crippen molar-refractivity contribution >= 4 is 17.3 Å². The van der Waals surface area contributed by atoms with Crippen LogP contribution in [0.2, 0.25) is 0 Å². The lowest BCUT2D eigenvalue weighted by Crippen LogP contribution is -2.44. The summed E-state index contributed by atoms with van der Waals surface area (Å²) in [5.74, 6) is 0.0148. The number of hydrogen-bond donors (Lipinski definition) is 1. The third kappa shape index (κ3) is 4.35. The molecule has 0 aromatic carbocycles. The highest BCUT2D eigenvalue weighted by Gasteiger charge is 2.30. The molecular weight excluding hydrogens is 354 g/mol. The number of hydrogen-bond acceptors (Lipinski definition) is 4. The monoisotopic (exact) mass is 385 g/mol. The number of carbonyl (C=O) groups excluding carboxylic acids is 2. The van der Waals surface area contributed by atoms with Gasteiger partial charge < -0.3 is 15.1 Å². The fourth-order valence-corrected chi connectivity index (χ4v) is 3.86. The molecule has 1 fully saturated rings. The Morgan fingerprint density at radius 2 is 2.11 bits per heavy atom. The molecule has 2 aromatic heterocycles. The van der Waals surface area contributed by atoms with Crippen molar-refractivity contribution in [3.8, 4) is 0 Å². The number of aromatic nitrogens is 2. The van der Waals surface area contributed by atoms with Gasteiger partial charge in [-0.05, 0) is 64.9 Å². The summed E-state index contributed by atoms with van der Waals surface area (Å²) in [6, 6.07) is 5.81. The largest absolute Gasteiger partial charge is 0.351 e. The van der Waals surface area contributed by atoms with Gasteiger partial charge in [-0.1, -0.05) is 13.0 Å². The van der Waals surface area contributed by atoms with Crippen molar-refractivity contribution in [1.82, 2.24) is 24.5 Å². The lowest BCUT2D eigenvalue weighted by Gasteiger charge is -2.34. The first-order valence-corrected chi connectivity index (χ1v) is 10.2. The first-order chi connectivity index (χ1) is 13.5. The van der Waals surface area contributed by atoms with Crippen LogP contribution in [0.1, 0.15) is 60.1 Å². The zero-order chi connectivity index (χ0) is 20.1. The van der Waals surface area contributed by atoms with Crippen molar-refractivity contribution in [2.75, 3.05) is 33.7 Å². The summed E-state index contributed by atoms with van der Waals surface area (Å²) in [7, 11) is 4.01. The molecule has 7 heteroatoms. The van der Waals surface area contributed by atoms with Crippen molar-refractivity contribution in [2.45, 2.75) is 45.1 Å². The van der Waals surface area contributed by atoms with E-state index in [0.717, 1.165) is 45.2 Å². The second-order valence-electron chi connectivity index (χ2n) is 7.71. The molecule has 0 radical (unpaired) electrons. The Hall–Kier alpha value is -2.41. The second kappa shape index (κ2) is 9.19. The SMILES string of the molecule is CCC1CCCCN1C(=O)c1nc(C(=O)NCCCN(C)C)c2ccccn12. The molecule has 1 atom stereocenters. The maximum Gasteiger partial charge on any atom is 0.290 e. The van der Waals surface area contributed by atoms with Crippen LogP contribution < -0.4 is 5.32 Å². The molecule has 2 aromatic rings. The number of nitrogens with one attached hydrogen (secondary N) is 1. The Balaban J connectivity index is 1.84. The van der Waals surface area contributed by atoms with Crippen LogP contribution in [0, 0.1) is 0 Å². The van der Waals surface area contributed by atoms with Crippen LogP contribution in [0.5, 0.6) is 0 Å². The van der Waals surface area contributed by atoms with Gasteiger partial charge in [0.1, 0.15) is 0 Å². The van der Waals surface area contributed by atoms with Gasteiger partial charge in [0.25, 0.3) is 11.8 Å². The van der Waals surface area contributed by atoms with Gasteiger partial charge in [0.2, 0.25) is 5.82 Å². The Kier molecular flexibility index (Phi) is 6.67.